The Balaban J connectivity index is 1.39. The predicted molar refractivity (Wildman–Crippen MR) is 115 cm³/mol. The number of anilines is 1. The minimum absolute atomic E-state index is 0.0203. The van der Waals surface area contributed by atoms with Crippen LogP contribution in [-0.4, -0.2) is 50.6 Å². The number of ether oxygens (including phenoxy) is 1. The number of methoxy groups -OCH3 is 1. The van der Waals surface area contributed by atoms with E-state index in [4.69, 9.17) is 9.15 Å². The van der Waals surface area contributed by atoms with Crippen LogP contribution in [0, 0.1) is 0 Å². The van der Waals surface area contributed by atoms with Gasteiger partial charge in [-0.1, -0.05) is 6.07 Å². The molecule has 0 aliphatic carbocycles. The largest absolute Gasteiger partial charge is 0.497 e. The highest BCUT2D eigenvalue weighted by Gasteiger charge is 2.27. The summed E-state index contributed by atoms with van der Waals surface area (Å²) in [5.74, 6) is 1.72. The monoisotopic (exact) mass is 411 g/mol. The fraction of sp³-hybridized carbons (Fsp3) is 0.318. The van der Waals surface area contributed by atoms with Crippen molar-refractivity contribution in [1.29, 1.82) is 0 Å². The van der Waals surface area contributed by atoms with Gasteiger partial charge in [0, 0.05) is 38.4 Å². The normalized spacial score (nSPS) is 15.8. The summed E-state index contributed by atoms with van der Waals surface area (Å²) in [6.07, 6.45) is 1.69. The first-order valence-corrected chi connectivity index (χ1v) is 10.6. The number of piperazine rings is 1. The number of nitrogens with one attached hydrogen (secondary N) is 1. The number of nitrogens with zero attached hydrogens (tertiary/aromatic N) is 2. The van der Waals surface area contributed by atoms with Crippen LogP contribution < -0.4 is 15.0 Å². The lowest BCUT2D eigenvalue weighted by Crippen LogP contribution is -2.49. The lowest BCUT2D eigenvalue weighted by molar-refractivity contribution is 0.0927. The Morgan fingerprint density at radius 3 is 2.55 bits per heavy atom. The minimum Gasteiger partial charge on any atom is -0.497 e. The van der Waals surface area contributed by atoms with Crippen LogP contribution in [0.5, 0.6) is 5.75 Å². The van der Waals surface area contributed by atoms with Crippen LogP contribution in [0.2, 0.25) is 0 Å². The summed E-state index contributed by atoms with van der Waals surface area (Å²) in [6, 6.07) is 15.8. The molecule has 29 heavy (non-hydrogen) atoms. The zero-order chi connectivity index (χ0) is 20.1. The molecule has 4 rings (SSSR count). The summed E-state index contributed by atoms with van der Waals surface area (Å²) >= 11 is 1.45. The van der Waals surface area contributed by atoms with Gasteiger partial charge >= 0.3 is 0 Å². The Kier molecular flexibility index (Phi) is 6.17. The highest BCUT2D eigenvalue weighted by molar-refractivity contribution is 7.12. The summed E-state index contributed by atoms with van der Waals surface area (Å²) < 4.78 is 10.9. The van der Waals surface area contributed by atoms with Gasteiger partial charge in [0.05, 0.1) is 24.3 Å². The van der Waals surface area contributed by atoms with Crippen LogP contribution in [0.3, 0.4) is 0 Å². The van der Waals surface area contributed by atoms with E-state index in [0.717, 1.165) is 42.6 Å². The molecule has 1 aliphatic rings. The molecule has 152 valence electrons. The first kappa shape index (κ1) is 19.5. The molecule has 2 aromatic heterocycles. The molecule has 1 saturated heterocycles. The Labute approximate surface area is 174 Å². The molecule has 0 saturated carbocycles. The van der Waals surface area contributed by atoms with Crippen molar-refractivity contribution in [1.82, 2.24) is 10.2 Å². The highest BCUT2D eigenvalue weighted by atomic mass is 32.1. The quantitative estimate of drug-likeness (QED) is 0.643. The molecule has 7 heteroatoms. The van der Waals surface area contributed by atoms with Crippen molar-refractivity contribution >= 4 is 22.9 Å². The van der Waals surface area contributed by atoms with Crippen LogP contribution >= 0.6 is 11.3 Å². The number of rotatable bonds is 7. The molecule has 0 radical (unpaired) electrons. The third kappa shape index (κ3) is 4.63. The van der Waals surface area contributed by atoms with Crippen molar-refractivity contribution in [3.8, 4) is 5.75 Å². The summed E-state index contributed by atoms with van der Waals surface area (Å²) in [4.78, 5) is 17.9. The Bertz CT molecular complexity index is 886. The molecular weight excluding hydrogens is 386 g/mol. The number of thiophene rings is 1. The molecule has 0 spiro atoms. The summed E-state index contributed by atoms with van der Waals surface area (Å²) in [6.45, 7) is 4.15. The van der Waals surface area contributed by atoms with Crippen molar-refractivity contribution in [2.45, 2.75) is 6.04 Å². The van der Waals surface area contributed by atoms with E-state index in [0.29, 0.717) is 6.54 Å². The number of carbonyl (C=O) groups is 1. The van der Waals surface area contributed by atoms with E-state index in [9.17, 15) is 4.79 Å². The molecule has 1 fully saturated rings. The van der Waals surface area contributed by atoms with Crippen LogP contribution in [0.25, 0.3) is 0 Å². The first-order chi connectivity index (χ1) is 14.2. The average molecular weight is 412 g/mol. The maximum absolute atomic E-state index is 12.4. The van der Waals surface area contributed by atoms with E-state index >= 15 is 0 Å². The summed E-state index contributed by atoms with van der Waals surface area (Å²) in [5.41, 5.74) is 1.20. The Morgan fingerprint density at radius 1 is 1.14 bits per heavy atom. The minimum atomic E-state index is -0.0339. The van der Waals surface area contributed by atoms with Crippen molar-refractivity contribution in [3.63, 3.8) is 0 Å². The number of hydrogen-bond donors (Lipinski definition) is 1. The maximum atomic E-state index is 12.4. The van der Waals surface area contributed by atoms with E-state index in [2.05, 4.69) is 27.2 Å². The SMILES string of the molecule is COc1ccc(N2CCN([C@@H](CNC(=O)c3cccs3)c3ccco3)CC2)cc1. The molecule has 1 aromatic carbocycles. The molecule has 1 amide bonds. The molecule has 1 atom stereocenters. The number of amides is 1. The lowest BCUT2D eigenvalue weighted by Gasteiger charge is -2.39. The van der Waals surface area contributed by atoms with Gasteiger partial charge < -0.3 is 19.4 Å². The Hall–Kier alpha value is -2.77. The zero-order valence-electron chi connectivity index (χ0n) is 16.4. The van der Waals surface area contributed by atoms with E-state index in [1.165, 1.54) is 17.0 Å². The third-order valence-corrected chi connectivity index (χ3v) is 6.13. The van der Waals surface area contributed by atoms with Gasteiger partial charge in [-0.25, -0.2) is 0 Å². The van der Waals surface area contributed by atoms with Gasteiger partial charge in [-0.2, -0.15) is 0 Å². The first-order valence-electron chi connectivity index (χ1n) is 9.73. The van der Waals surface area contributed by atoms with Gasteiger partial charge in [0.25, 0.3) is 5.91 Å². The van der Waals surface area contributed by atoms with Crippen LogP contribution in [0.1, 0.15) is 21.5 Å². The van der Waals surface area contributed by atoms with Gasteiger partial charge in [-0.3, -0.25) is 9.69 Å². The molecule has 3 heterocycles. The van der Waals surface area contributed by atoms with Gasteiger partial charge in [-0.15, -0.1) is 11.3 Å². The standard InChI is InChI=1S/C22H25N3O3S/c1-27-18-8-6-17(7-9-18)24-10-12-25(13-11-24)19(20-4-2-14-28-20)16-23-22(26)21-5-3-15-29-21/h2-9,14-15,19H,10-13,16H2,1H3,(H,23,26)/t19-/m0/s1. The van der Waals surface area contributed by atoms with Crippen LogP contribution in [0.4, 0.5) is 5.69 Å². The highest BCUT2D eigenvalue weighted by Crippen LogP contribution is 2.25. The number of benzene rings is 1. The second kappa shape index (κ2) is 9.15. The molecular formula is C22H25N3O3S. The lowest BCUT2D eigenvalue weighted by atomic mass is 10.1. The van der Waals surface area contributed by atoms with Gasteiger partial charge in [-0.05, 0) is 47.8 Å². The smallest absolute Gasteiger partial charge is 0.261 e. The predicted octanol–water partition coefficient (Wildman–Crippen LogP) is 3.64. The van der Waals surface area contributed by atoms with Crippen molar-refractivity contribution in [2.24, 2.45) is 0 Å². The number of carbonyl (C=O) groups excluding carboxylic acids is 1. The van der Waals surface area contributed by atoms with Crippen LogP contribution in [0.15, 0.2) is 64.6 Å². The molecule has 1 N–H and O–H groups in total. The molecule has 0 bridgehead atoms. The molecule has 0 unspecified atom stereocenters. The number of hydrogen-bond acceptors (Lipinski definition) is 6. The summed E-state index contributed by atoms with van der Waals surface area (Å²) in [7, 11) is 1.68. The van der Waals surface area contributed by atoms with E-state index < -0.39 is 0 Å². The summed E-state index contributed by atoms with van der Waals surface area (Å²) in [5, 5.41) is 4.98. The molecule has 1 aliphatic heterocycles. The average Bonchev–Trinajstić information content (AvgIpc) is 3.49. The molecule has 3 aromatic rings. The second-order valence-electron chi connectivity index (χ2n) is 6.94. The van der Waals surface area contributed by atoms with Gasteiger partial charge in [0.1, 0.15) is 11.5 Å². The number of furan rings is 1. The van der Waals surface area contributed by atoms with E-state index in [1.807, 2.05) is 41.8 Å². The fourth-order valence-corrected chi connectivity index (χ4v) is 4.30. The van der Waals surface area contributed by atoms with E-state index in [1.54, 1.807) is 13.4 Å². The fourth-order valence-electron chi connectivity index (χ4n) is 3.66. The Morgan fingerprint density at radius 2 is 1.93 bits per heavy atom. The van der Waals surface area contributed by atoms with E-state index in [-0.39, 0.29) is 11.9 Å². The molecule has 6 nitrogen and oxygen atoms in total. The maximum Gasteiger partial charge on any atom is 0.261 e. The van der Waals surface area contributed by atoms with Gasteiger partial charge in [0.2, 0.25) is 0 Å². The topological polar surface area (TPSA) is 58.0 Å². The van der Waals surface area contributed by atoms with Gasteiger partial charge in [0.15, 0.2) is 0 Å². The van der Waals surface area contributed by atoms with Crippen LogP contribution in [-0.2, 0) is 0 Å². The zero-order valence-corrected chi connectivity index (χ0v) is 17.2. The second-order valence-corrected chi connectivity index (χ2v) is 7.89. The van der Waals surface area contributed by atoms with Crippen molar-refractivity contribution < 1.29 is 13.9 Å². The third-order valence-electron chi connectivity index (χ3n) is 5.27. The van der Waals surface area contributed by atoms with Crippen molar-refractivity contribution in [3.05, 3.63) is 70.8 Å². The van der Waals surface area contributed by atoms with Crippen molar-refractivity contribution in [2.75, 3.05) is 44.7 Å².